The number of carbonyl (C=O) groups is 3. The SMILES string of the molecule is CCC1CN(C(=O)Nc2cccc(C(C)=O)c2)CCC1=O. The van der Waals surface area contributed by atoms with Gasteiger partial charge >= 0.3 is 6.03 Å². The van der Waals surface area contributed by atoms with Crippen molar-refractivity contribution in [2.75, 3.05) is 18.4 Å². The zero-order valence-electron chi connectivity index (χ0n) is 12.4. The van der Waals surface area contributed by atoms with Crippen LogP contribution in [0.5, 0.6) is 0 Å². The largest absolute Gasteiger partial charge is 0.323 e. The Kier molecular flexibility index (Phi) is 4.73. The number of hydrogen-bond donors (Lipinski definition) is 1. The molecule has 1 aromatic rings. The lowest BCUT2D eigenvalue weighted by molar-refractivity contribution is -0.125. The lowest BCUT2D eigenvalue weighted by Gasteiger charge is -2.31. The summed E-state index contributed by atoms with van der Waals surface area (Å²) >= 11 is 0. The normalized spacial score (nSPS) is 18.5. The molecule has 0 aliphatic carbocycles. The summed E-state index contributed by atoms with van der Waals surface area (Å²) < 4.78 is 0. The third-order valence-electron chi connectivity index (χ3n) is 3.82. The lowest BCUT2D eigenvalue weighted by Crippen LogP contribution is -2.45. The topological polar surface area (TPSA) is 66.5 Å². The molecule has 1 atom stereocenters. The molecule has 1 unspecified atom stereocenters. The molecule has 0 aromatic heterocycles. The molecule has 1 saturated heterocycles. The third-order valence-corrected chi connectivity index (χ3v) is 3.82. The first kappa shape index (κ1) is 15.2. The Balaban J connectivity index is 2.03. The minimum atomic E-state index is -0.221. The molecule has 0 bridgehead atoms. The molecule has 0 spiro atoms. The molecular weight excluding hydrogens is 268 g/mol. The number of hydrogen-bond acceptors (Lipinski definition) is 3. The first-order valence-corrected chi connectivity index (χ1v) is 7.21. The van der Waals surface area contributed by atoms with Gasteiger partial charge in [-0.25, -0.2) is 4.79 Å². The van der Waals surface area contributed by atoms with E-state index in [9.17, 15) is 14.4 Å². The van der Waals surface area contributed by atoms with Gasteiger partial charge in [0.2, 0.25) is 0 Å². The van der Waals surface area contributed by atoms with Gasteiger partial charge < -0.3 is 10.2 Å². The standard InChI is InChI=1S/C16H20N2O3/c1-3-12-10-18(8-7-15(12)20)16(21)17-14-6-4-5-13(9-14)11(2)19/h4-6,9,12H,3,7-8,10H2,1-2H3,(H,17,21). The Hall–Kier alpha value is -2.17. The van der Waals surface area contributed by atoms with Crippen molar-refractivity contribution in [3.63, 3.8) is 0 Å². The second kappa shape index (κ2) is 6.52. The smallest absolute Gasteiger partial charge is 0.321 e. The van der Waals surface area contributed by atoms with Gasteiger partial charge in [-0.1, -0.05) is 19.1 Å². The van der Waals surface area contributed by atoms with E-state index in [4.69, 9.17) is 0 Å². The van der Waals surface area contributed by atoms with Crippen LogP contribution in [0.1, 0.15) is 37.0 Å². The number of likely N-dealkylation sites (tertiary alicyclic amines) is 1. The van der Waals surface area contributed by atoms with Crippen LogP contribution in [0, 0.1) is 5.92 Å². The molecule has 1 aliphatic heterocycles. The molecule has 1 heterocycles. The van der Waals surface area contributed by atoms with E-state index < -0.39 is 0 Å². The Bertz CT molecular complexity index is 568. The number of rotatable bonds is 3. The first-order chi connectivity index (χ1) is 10.0. The fourth-order valence-corrected chi connectivity index (χ4v) is 2.47. The maximum atomic E-state index is 12.2. The van der Waals surface area contributed by atoms with Crippen LogP contribution in [0.25, 0.3) is 0 Å². The van der Waals surface area contributed by atoms with Crippen molar-refractivity contribution in [2.24, 2.45) is 5.92 Å². The van der Waals surface area contributed by atoms with Crippen molar-refractivity contribution < 1.29 is 14.4 Å². The summed E-state index contributed by atoms with van der Waals surface area (Å²) in [6.07, 6.45) is 1.17. The zero-order valence-corrected chi connectivity index (χ0v) is 12.4. The van der Waals surface area contributed by atoms with Crippen LogP contribution in [-0.2, 0) is 4.79 Å². The molecule has 2 rings (SSSR count). The highest BCUT2D eigenvalue weighted by molar-refractivity contribution is 5.97. The minimum Gasteiger partial charge on any atom is -0.323 e. The van der Waals surface area contributed by atoms with Gasteiger partial charge in [0.15, 0.2) is 5.78 Å². The van der Waals surface area contributed by atoms with E-state index in [0.717, 1.165) is 6.42 Å². The first-order valence-electron chi connectivity index (χ1n) is 7.21. The number of nitrogens with zero attached hydrogens (tertiary/aromatic N) is 1. The third kappa shape index (κ3) is 3.68. The number of nitrogens with one attached hydrogen (secondary N) is 1. The Labute approximate surface area is 124 Å². The summed E-state index contributed by atoms with van der Waals surface area (Å²) in [6, 6.07) is 6.64. The van der Waals surface area contributed by atoms with Gasteiger partial charge in [-0.2, -0.15) is 0 Å². The second-order valence-electron chi connectivity index (χ2n) is 5.33. The predicted octanol–water partition coefficient (Wildman–Crippen LogP) is 2.72. The second-order valence-corrected chi connectivity index (χ2v) is 5.33. The molecule has 0 radical (unpaired) electrons. The van der Waals surface area contributed by atoms with Gasteiger partial charge in [0.25, 0.3) is 0 Å². The summed E-state index contributed by atoms with van der Waals surface area (Å²) in [5, 5.41) is 2.79. The van der Waals surface area contributed by atoms with E-state index in [0.29, 0.717) is 30.8 Å². The van der Waals surface area contributed by atoms with Crippen LogP contribution in [0.2, 0.25) is 0 Å². The maximum absolute atomic E-state index is 12.2. The number of amides is 2. The van der Waals surface area contributed by atoms with E-state index in [2.05, 4.69) is 5.32 Å². The van der Waals surface area contributed by atoms with Crippen LogP contribution in [0.4, 0.5) is 10.5 Å². The molecular formula is C16H20N2O3. The highest BCUT2D eigenvalue weighted by Crippen LogP contribution is 2.18. The molecule has 5 heteroatoms. The van der Waals surface area contributed by atoms with Crippen LogP contribution < -0.4 is 5.32 Å². The molecule has 1 N–H and O–H groups in total. The number of Topliss-reactive ketones (excluding diaryl/α,β-unsaturated/α-hetero) is 2. The molecule has 2 amide bonds. The summed E-state index contributed by atoms with van der Waals surface area (Å²) in [5.41, 5.74) is 1.16. The number of urea groups is 1. The molecule has 1 fully saturated rings. The van der Waals surface area contributed by atoms with Crippen LogP contribution in [0.3, 0.4) is 0 Å². The van der Waals surface area contributed by atoms with Crippen LogP contribution >= 0.6 is 0 Å². The van der Waals surface area contributed by atoms with Crippen LogP contribution in [0.15, 0.2) is 24.3 Å². The van der Waals surface area contributed by atoms with E-state index in [1.165, 1.54) is 6.92 Å². The van der Waals surface area contributed by atoms with Gasteiger partial charge in [-0.05, 0) is 25.5 Å². The lowest BCUT2D eigenvalue weighted by atomic mass is 9.94. The van der Waals surface area contributed by atoms with Gasteiger partial charge in [0.1, 0.15) is 5.78 Å². The van der Waals surface area contributed by atoms with E-state index in [1.807, 2.05) is 6.92 Å². The van der Waals surface area contributed by atoms with E-state index in [1.54, 1.807) is 29.2 Å². The number of piperidine rings is 1. The number of anilines is 1. The van der Waals surface area contributed by atoms with E-state index in [-0.39, 0.29) is 23.5 Å². The summed E-state index contributed by atoms with van der Waals surface area (Å²) in [5.74, 6) is 0.133. The van der Waals surface area contributed by atoms with E-state index >= 15 is 0 Å². The number of ketones is 2. The van der Waals surface area contributed by atoms with Crippen LogP contribution in [-0.4, -0.2) is 35.6 Å². The quantitative estimate of drug-likeness (QED) is 0.870. The van der Waals surface area contributed by atoms with Crippen molar-refractivity contribution in [3.05, 3.63) is 29.8 Å². The summed E-state index contributed by atoms with van der Waals surface area (Å²) in [4.78, 5) is 36.9. The molecule has 112 valence electrons. The van der Waals surface area contributed by atoms with Crippen molar-refractivity contribution in [2.45, 2.75) is 26.7 Å². The molecule has 1 aromatic carbocycles. The molecule has 1 aliphatic rings. The fraction of sp³-hybridized carbons (Fsp3) is 0.438. The Morgan fingerprint density at radius 1 is 1.38 bits per heavy atom. The van der Waals surface area contributed by atoms with Gasteiger partial charge in [-0.15, -0.1) is 0 Å². The van der Waals surface area contributed by atoms with Gasteiger partial charge in [0.05, 0.1) is 0 Å². The summed E-state index contributed by atoms with van der Waals surface area (Å²) in [6.45, 7) is 4.37. The van der Waals surface area contributed by atoms with Crippen molar-refractivity contribution in [3.8, 4) is 0 Å². The number of benzene rings is 1. The average Bonchev–Trinajstić information content (AvgIpc) is 2.47. The minimum absolute atomic E-state index is 0.0410. The highest BCUT2D eigenvalue weighted by Gasteiger charge is 2.28. The summed E-state index contributed by atoms with van der Waals surface area (Å²) in [7, 11) is 0. The van der Waals surface area contributed by atoms with Gasteiger partial charge in [0, 0.05) is 36.7 Å². The average molecular weight is 288 g/mol. The maximum Gasteiger partial charge on any atom is 0.321 e. The van der Waals surface area contributed by atoms with Crippen molar-refractivity contribution in [1.82, 2.24) is 4.90 Å². The monoisotopic (exact) mass is 288 g/mol. The zero-order chi connectivity index (χ0) is 15.4. The predicted molar refractivity (Wildman–Crippen MR) is 80.4 cm³/mol. The number of carbonyl (C=O) groups excluding carboxylic acids is 3. The van der Waals surface area contributed by atoms with Gasteiger partial charge in [-0.3, -0.25) is 9.59 Å². The molecule has 5 nitrogen and oxygen atoms in total. The molecule has 0 saturated carbocycles. The van der Waals surface area contributed by atoms with Crippen molar-refractivity contribution in [1.29, 1.82) is 0 Å². The molecule has 21 heavy (non-hydrogen) atoms. The fourth-order valence-electron chi connectivity index (χ4n) is 2.47. The Morgan fingerprint density at radius 3 is 2.81 bits per heavy atom. The van der Waals surface area contributed by atoms with Crippen molar-refractivity contribution >= 4 is 23.3 Å². The Morgan fingerprint density at radius 2 is 2.14 bits per heavy atom. The highest BCUT2D eigenvalue weighted by atomic mass is 16.2.